The van der Waals surface area contributed by atoms with E-state index in [4.69, 9.17) is 16.3 Å². The second kappa shape index (κ2) is 7.24. The van der Waals surface area contributed by atoms with Gasteiger partial charge in [-0.25, -0.2) is 0 Å². The van der Waals surface area contributed by atoms with E-state index < -0.39 is 5.60 Å². The second-order valence-corrected chi connectivity index (χ2v) is 6.63. The Hall–Kier alpha value is -2.04. The molecule has 0 spiro atoms. The molecule has 1 aliphatic carbocycles. The zero-order chi connectivity index (χ0) is 17.0. The quantitative estimate of drug-likeness (QED) is 0.876. The van der Waals surface area contributed by atoms with E-state index in [0.717, 1.165) is 12.0 Å². The molecule has 2 aromatic carbocycles. The van der Waals surface area contributed by atoms with E-state index in [1.807, 2.05) is 18.2 Å². The van der Waals surface area contributed by atoms with E-state index in [2.05, 4.69) is 11.4 Å². The summed E-state index contributed by atoms with van der Waals surface area (Å²) in [6.45, 7) is 0.137. The number of fused-ring (bicyclic) bond motifs is 1. The number of halogens is 1. The molecular formula is C19H20ClNO3. The van der Waals surface area contributed by atoms with Crippen LogP contribution in [0.5, 0.6) is 5.75 Å². The molecule has 1 aliphatic rings. The van der Waals surface area contributed by atoms with E-state index >= 15 is 0 Å². The van der Waals surface area contributed by atoms with Gasteiger partial charge in [-0.05, 0) is 48.2 Å². The van der Waals surface area contributed by atoms with Gasteiger partial charge in [0.1, 0.15) is 5.75 Å². The van der Waals surface area contributed by atoms with Crippen LogP contribution in [0, 0.1) is 0 Å². The minimum absolute atomic E-state index is 0.0890. The van der Waals surface area contributed by atoms with Crippen molar-refractivity contribution in [2.75, 3.05) is 13.2 Å². The number of ether oxygens (including phenoxy) is 1. The molecule has 0 bridgehead atoms. The molecule has 0 fully saturated rings. The van der Waals surface area contributed by atoms with Crippen LogP contribution in [0.1, 0.15) is 17.5 Å². The van der Waals surface area contributed by atoms with Crippen molar-refractivity contribution >= 4 is 17.5 Å². The van der Waals surface area contributed by atoms with Gasteiger partial charge in [0.05, 0.1) is 5.60 Å². The lowest BCUT2D eigenvalue weighted by atomic mass is 9.80. The summed E-state index contributed by atoms with van der Waals surface area (Å²) in [5, 5.41) is 14.1. The topological polar surface area (TPSA) is 58.6 Å². The van der Waals surface area contributed by atoms with Crippen LogP contribution in [0.15, 0.2) is 48.5 Å². The lowest BCUT2D eigenvalue weighted by Crippen LogP contribution is -2.47. The zero-order valence-electron chi connectivity index (χ0n) is 13.3. The van der Waals surface area contributed by atoms with Crippen molar-refractivity contribution in [3.05, 3.63) is 64.7 Å². The summed E-state index contributed by atoms with van der Waals surface area (Å²) in [5.41, 5.74) is 1.53. The van der Waals surface area contributed by atoms with Crippen LogP contribution in [-0.4, -0.2) is 29.8 Å². The standard InChI is InChI=1S/C19H20ClNO3/c20-16-5-7-17(8-6-16)24-12-18(22)21-13-19(23)10-9-14-3-1-2-4-15(14)11-19/h1-8,23H,9-13H2,(H,21,22). The molecule has 0 heterocycles. The van der Waals surface area contributed by atoms with Gasteiger partial charge in [-0.3, -0.25) is 4.79 Å². The Bertz CT molecular complexity index is 717. The number of amides is 1. The average molecular weight is 346 g/mol. The maximum atomic E-state index is 11.9. The minimum atomic E-state index is -0.899. The molecular weight excluding hydrogens is 326 g/mol. The van der Waals surface area contributed by atoms with Gasteiger partial charge in [0.15, 0.2) is 6.61 Å². The molecule has 0 saturated carbocycles. The van der Waals surface area contributed by atoms with Crippen molar-refractivity contribution in [1.82, 2.24) is 5.32 Å². The number of aliphatic hydroxyl groups is 1. The number of rotatable bonds is 5. The summed E-state index contributed by atoms with van der Waals surface area (Å²) in [4.78, 5) is 11.9. The Labute approximate surface area is 146 Å². The van der Waals surface area contributed by atoms with Gasteiger partial charge in [-0.1, -0.05) is 35.9 Å². The van der Waals surface area contributed by atoms with Crippen molar-refractivity contribution in [3.63, 3.8) is 0 Å². The van der Waals surface area contributed by atoms with E-state index in [9.17, 15) is 9.90 Å². The molecule has 5 heteroatoms. The first-order chi connectivity index (χ1) is 11.5. The summed E-state index contributed by atoms with van der Waals surface area (Å²) >= 11 is 5.80. The average Bonchev–Trinajstić information content (AvgIpc) is 2.59. The van der Waals surface area contributed by atoms with E-state index in [0.29, 0.717) is 23.6 Å². The van der Waals surface area contributed by atoms with Gasteiger partial charge in [-0.2, -0.15) is 0 Å². The third-order valence-corrected chi connectivity index (χ3v) is 4.55. The van der Waals surface area contributed by atoms with Crippen LogP contribution in [0.3, 0.4) is 0 Å². The number of benzene rings is 2. The van der Waals surface area contributed by atoms with E-state index in [1.165, 1.54) is 5.56 Å². The van der Waals surface area contributed by atoms with E-state index in [1.54, 1.807) is 24.3 Å². The lowest BCUT2D eigenvalue weighted by Gasteiger charge is -2.33. The fourth-order valence-corrected chi connectivity index (χ4v) is 3.05. The van der Waals surface area contributed by atoms with Gasteiger partial charge in [0.2, 0.25) is 0 Å². The SMILES string of the molecule is O=C(COc1ccc(Cl)cc1)NCC1(O)CCc2ccccc2C1. The third kappa shape index (κ3) is 4.28. The Morgan fingerprint density at radius 1 is 1.17 bits per heavy atom. The molecule has 0 aliphatic heterocycles. The zero-order valence-corrected chi connectivity index (χ0v) is 14.1. The fourth-order valence-electron chi connectivity index (χ4n) is 2.93. The molecule has 2 aromatic rings. The minimum Gasteiger partial charge on any atom is -0.484 e. The Kier molecular flexibility index (Phi) is 5.07. The highest BCUT2D eigenvalue weighted by molar-refractivity contribution is 6.30. The van der Waals surface area contributed by atoms with Crippen molar-refractivity contribution < 1.29 is 14.6 Å². The molecule has 3 rings (SSSR count). The molecule has 4 nitrogen and oxygen atoms in total. The highest BCUT2D eigenvalue weighted by atomic mass is 35.5. The van der Waals surface area contributed by atoms with Gasteiger partial charge < -0.3 is 15.2 Å². The highest BCUT2D eigenvalue weighted by Crippen LogP contribution is 2.28. The first-order valence-electron chi connectivity index (χ1n) is 7.98. The number of hydrogen-bond donors (Lipinski definition) is 2. The lowest BCUT2D eigenvalue weighted by molar-refractivity contribution is -0.124. The van der Waals surface area contributed by atoms with Crippen molar-refractivity contribution in [3.8, 4) is 5.75 Å². The van der Waals surface area contributed by atoms with Gasteiger partial charge in [0, 0.05) is 18.0 Å². The number of aryl methyl sites for hydroxylation is 1. The maximum Gasteiger partial charge on any atom is 0.258 e. The first kappa shape index (κ1) is 16.8. The summed E-state index contributed by atoms with van der Waals surface area (Å²) in [6, 6.07) is 14.9. The molecule has 1 unspecified atom stereocenters. The normalized spacial score (nSPS) is 19.4. The van der Waals surface area contributed by atoms with Crippen molar-refractivity contribution in [2.45, 2.75) is 24.9 Å². The molecule has 126 valence electrons. The van der Waals surface area contributed by atoms with Gasteiger partial charge >= 0.3 is 0 Å². The maximum absolute atomic E-state index is 11.9. The van der Waals surface area contributed by atoms with Gasteiger partial charge in [-0.15, -0.1) is 0 Å². The first-order valence-corrected chi connectivity index (χ1v) is 8.36. The Morgan fingerprint density at radius 3 is 2.62 bits per heavy atom. The largest absolute Gasteiger partial charge is 0.484 e. The molecule has 1 atom stereocenters. The number of carbonyl (C=O) groups is 1. The monoisotopic (exact) mass is 345 g/mol. The molecule has 0 radical (unpaired) electrons. The van der Waals surface area contributed by atoms with E-state index in [-0.39, 0.29) is 19.1 Å². The smallest absolute Gasteiger partial charge is 0.258 e. The molecule has 0 aromatic heterocycles. The van der Waals surface area contributed by atoms with Crippen LogP contribution < -0.4 is 10.1 Å². The molecule has 24 heavy (non-hydrogen) atoms. The third-order valence-electron chi connectivity index (χ3n) is 4.30. The van der Waals surface area contributed by atoms with Crippen LogP contribution in [0.25, 0.3) is 0 Å². The number of hydrogen-bond acceptors (Lipinski definition) is 3. The highest BCUT2D eigenvalue weighted by Gasteiger charge is 2.32. The Balaban J connectivity index is 1.48. The van der Waals surface area contributed by atoms with Crippen LogP contribution >= 0.6 is 11.6 Å². The number of nitrogens with one attached hydrogen (secondary N) is 1. The summed E-state index contributed by atoms with van der Waals surface area (Å²) in [5.74, 6) is 0.331. The van der Waals surface area contributed by atoms with Crippen LogP contribution in [0.4, 0.5) is 0 Å². The fraction of sp³-hybridized carbons (Fsp3) is 0.316. The molecule has 2 N–H and O–H groups in total. The summed E-state index contributed by atoms with van der Waals surface area (Å²) in [7, 11) is 0. The summed E-state index contributed by atoms with van der Waals surface area (Å²) < 4.78 is 5.40. The second-order valence-electron chi connectivity index (χ2n) is 6.19. The van der Waals surface area contributed by atoms with Crippen LogP contribution in [0.2, 0.25) is 5.02 Å². The molecule has 0 saturated heterocycles. The van der Waals surface area contributed by atoms with Crippen molar-refractivity contribution in [1.29, 1.82) is 0 Å². The Morgan fingerprint density at radius 2 is 1.88 bits per heavy atom. The predicted molar refractivity (Wildman–Crippen MR) is 93.4 cm³/mol. The predicted octanol–water partition coefficient (Wildman–Crippen LogP) is 2.76. The summed E-state index contributed by atoms with van der Waals surface area (Å²) in [6.07, 6.45) is 2.02. The van der Waals surface area contributed by atoms with Crippen molar-refractivity contribution in [2.24, 2.45) is 0 Å². The van der Waals surface area contributed by atoms with Crippen LogP contribution in [-0.2, 0) is 17.6 Å². The van der Waals surface area contributed by atoms with Gasteiger partial charge in [0.25, 0.3) is 5.91 Å². The molecule has 1 amide bonds. The number of carbonyl (C=O) groups excluding carboxylic acids is 1.